The SMILES string of the molecule is Cc1ccc(OCC(=O)N2C[C@H]3CC[C@@H]2CN(Cc2c(C)noc2C)C3)cc1C. The summed E-state index contributed by atoms with van der Waals surface area (Å²) in [7, 11) is 0. The second-order valence-corrected chi connectivity index (χ2v) is 8.67. The predicted molar refractivity (Wildman–Crippen MR) is 111 cm³/mol. The Labute approximate surface area is 172 Å². The van der Waals surface area contributed by atoms with E-state index in [0.29, 0.717) is 5.92 Å². The molecule has 1 amide bonds. The lowest BCUT2D eigenvalue weighted by Gasteiger charge is -2.36. The molecule has 3 fully saturated rings. The summed E-state index contributed by atoms with van der Waals surface area (Å²) in [6.07, 6.45) is 2.25. The van der Waals surface area contributed by atoms with Crippen molar-refractivity contribution in [2.45, 2.75) is 53.1 Å². The first-order valence-electron chi connectivity index (χ1n) is 10.5. The number of ether oxygens (including phenoxy) is 1. The number of hydrogen-bond acceptors (Lipinski definition) is 5. The molecule has 0 aliphatic carbocycles. The van der Waals surface area contributed by atoms with Crippen LogP contribution < -0.4 is 4.74 Å². The van der Waals surface area contributed by atoms with Crippen LogP contribution in [0.4, 0.5) is 0 Å². The van der Waals surface area contributed by atoms with Crippen LogP contribution in [0.25, 0.3) is 0 Å². The fourth-order valence-corrected chi connectivity index (χ4v) is 4.60. The summed E-state index contributed by atoms with van der Waals surface area (Å²) in [5.41, 5.74) is 4.56. The molecule has 2 aromatic rings. The monoisotopic (exact) mass is 397 g/mol. The minimum atomic E-state index is 0.0946. The fraction of sp³-hybridized carbons (Fsp3) is 0.565. The Kier molecular flexibility index (Phi) is 5.63. The number of hydrogen-bond donors (Lipinski definition) is 0. The molecular weight excluding hydrogens is 366 g/mol. The molecule has 6 nitrogen and oxygen atoms in total. The Morgan fingerprint density at radius 1 is 1.14 bits per heavy atom. The topological polar surface area (TPSA) is 58.8 Å². The van der Waals surface area contributed by atoms with Crippen molar-refractivity contribution in [3.63, 3.8) is 0 Å². The highest BCUT2D eigenvalue weighted by molar-refractivity contribution is 5.78. The Hall–Kier alpha value is -2.34. The van der Waals surface area contributed by atoms with Gasteiger partial charge in [0.1, 0.15) is 11.5 Å². The van der Waals surface area contributed by atoms with E-state index < -0.39 is 0 Å². The van der Waals surface area contributed by atoms with Crippen LogP contribution in [0, 0.1) is 33.6 Å². The highest BCUT2D eigenvalue weighted by atomic mass is 16.5. The molecule has 0 spiro atoms. The van der Waals surface area contributed by atoms with E-state index in [4.69, 9.17) is 9.26 Å². The maximum absolute atomic E-state index is 13.0. The van der Waals surface area contributed by atoms with Gasteiger partial charge in [-0.15, -0.1) is 0 Å². The van der Waals surface area contributed by atoms with Gasteiger partial charge in [0.25, 0.3) is 5.91 Å². The van der Waals surface area contributed by atoms with Gasteiger partial charge in [-0.05, 0) is 69.7 Å². The van der Waals surface area contributed by atoms with Gasteiger partial charge in [0.15, 0.2) is 6.61 Å². The Morgan fingerprint density at radius 3 is 2.69 bits per heavy atom. The number of benzene rings is 1. The summed E-state index contributed by atoms with van der Waals surface area (Å²) in [6, 6.07) is 6.23. The second-order valence-electron chi connectivity index (χ2n) is 8.67. The molecule has 29 heavy (non-hydrogen) atoms. The van der Waals surface area contributed by atoms with E-state index in [9.17, 15) is 4.79 Å². The average molecular weight is 398 g/mol. The first-order valence-corrected chi connectivity index (χ1v) is 10.5. The van der Waals surface area contributed by atoms with Crippen LogP contribution in [0.15, 0.2) is 22.7 Å². The average Bonchev–Trinajstić information content (AvgIpc) is 2.88. The van der Waals surface area contributed by atoms with Gasteiger partial charge < -0.3 is 14.2 Å². The molecule has 4 heterocycles. The zero-order chi connectivity index (χ0) is 20.5. The van der Waals surface area contributed by atoms with Crippen LogP contribution in [-0.2, 0) is 11.3 Å². The summed E-state index contributed by atoms with van der Waals surface area (Å²) in [5, 5.41) is 4.08. The van der Waals surface area contributed by atoms with E-state index in [1.54, 1.807) is 0 Å². The molecule has 3 aliphatic heterocycles. The number of carbonyl (C=O) groups excluding carboxylic acids is 1. The number of nitrogens with zero attached hydrogens (tertiary/aromatic N) is 3. The van der Waals surface area contributed by atoms with E-state index in [0.717, 1.165) is 49.8 Å². The van der Waals surface area contributed by atoms with Gasteiger partial charge in [0.05, 0.1) is 5.69 Å². The predicted octanol–water partition coefficient (Wildman–Crippen LogP) is 3.41. The van der Waals surface area contributed by atoms with Gasteiger partial charge in [-0.25, -0.2) is 0 Å². The molecular formula is C23H31N3O3. The van der Waals surface area contributed by atoms with E-state index in [1.807, 2.05) is 32.0 Å². The summed E-state index contributed by atoms with van der Waals surface area (Å²) in [4.78, 5) is 17.5. The van der Waals surface area contributed by atoms with Crippen LogP contribution in [0.1, 0.15) is 41.0 Å². The Balaban J connectivity index is 1.39. The van der Waals surface area contributed by atoms with Gasteiger partial charge in [-0.2, -0.15) is 0 Å². The molecule has 0 N–H and O–H groups in total. The zero-order valence-corrected chi connectivity index (χ0v) is 17.9. The van der Waals surface area contributed by atoms with Gasteiger partial charge >= 0.3 is 0 Å². The molecule has 5 rings (SSSR count). The van der Waals surface area contributed by atoms with Crippen LogP contribution >= 0.6 is 0 Å². The summed E-state index contributed by atoms with van der Waals surface area (Å²) >= 11 is 0. The van der Waals surface area contributed by atoms with Gasteiger partial charge in [0.2, 0.25) is 0 Å². The lowest BCUT2D eigenvalue weighted by atomic mass is 9.95. The minimum absolute atomic E-state index is 0.0946. The Bertz CT molecular complexity index is 872. The number of amides is 1. The molecule has 1 aromatic heterocycles. The first-order chi connectivity index (χ1) is 13.9. The van der Waals surface area contributed by atoms with Gasteiger partial charge in [-0.3, -0.25) is 9.69 Å². The second kappa shape index (κ2) is 8.19. The van der Waals surface area contributed by atoms with E-state index >= 15 is 0 Å². The zero-order valence-electron chi connectivity index (χ0n) is 17.9. The third-order valence-electron chi connectivity index (χ3n) is 6.51. The molecule has 156 valence electrons. The highest BCUT2D eigenvalue weighted by Crippen LogP contribution is 2.30. The van der Waals surface area contributed by atoms with Crippen molar-refractivity contribution in [3.05, 3.63) is 46.3 Å². The van der Waals surface area contributed by atoms with E-state index in [-0.39, 0.29) is 18.6 Å². The molecule has 0 radical (unpaired) electrons. The molecule has 0 unspecified atom stereocenters. The third-order valence-corrected chi connectivity index (χ3v) is 6.51. The van der Waals surface area contributed by atoms with Crippen molar-refractivity contribution < 1.29 is 14.1 Å². The van der Waals surface area contributed by atoms with Crippen molar-refractivity contribution in [1.29, 1.82) is 0 Å². The van der Waals surface area contributed by atoms with Crippen molar-refractivity contribution in [2.24, 2.45) is 5.92 Å². The lowest BCUT2D eigenvalue weighted by Crippen LogP contribution is -2.49. The summed E-state index contributed by atoms with van der Waals surface area (Å²) in [5.74, 6) is 2.27. The molecule has 3 saturated heterocycles. The van der Waals surface area contributed by atoms with Gasteiger partial charge in [-0.1, -0.05) is 11.2 Å². The molecule has 2 bridgehead atoms. The maximum atomic E-state index is 13.0. The molecule has 3 aliphatic rings. The van der Waals surface area contributed by atoms with Crippen molar-refractivity contribution in [2.75, 3.05) is 26.2 Å². The molecule has 0 saturated carbocycles. The number of piperidine rings is 1. The van der Waals surface area contributed by atoms with Crippen molar-refractivity contribution >= 4 is 5.91 Å². The van der Waals surface area contributed by atoms with Crippen LogP contribution in [0.5, 0.6) is 5.75 Å². The number of aromatic nitrogens is 1. The normalized spacial score (nSPS) is 22.0. The molecule has 1 aromatic carbocycles. The van der Waals surface area contributed by atoms with Crippen molar-refractivity contribution in [3.8, 4) is 5.75 Å². The number of aryl methyl sites for hydroxylation is 4. The number of rotatable bonds is 5. The minimum Gasteiger partial charge on any atom is -0.484 e. The molecule has 2 atom stereocenters. The number of fused-ring (bicyclic) bond motifs is 4. The smallest absolute Gasteiger partial charge is 0.260 e. The highest BCUT2D eigenvalue weighted by Gasteiger charge is 2.37. The maximum Gasteiger partial charge on any atom is 0.260 e. The lowest BCUT2D eigenvalue weighted by molar-refractivity contribution is -0.137. The third kappa shape index (κ3) is 4.32. The van der Waals surface area contributed by atoms with Crippen LogP contribution in [0.3, 0.4) is 0 Å². The number of carbonyl (C=O) groups is 1. The quantitative estimate of drug-likeness (QED) is 0.774. The molecule has 6 heteroatoms. The first kappa shape index (κ1) is 20.0. The van der Waals surface area contributed by atoms with E-state index in [1.165, 1.54) is 23.1 Å². The largest absolute Gasteiger partial charge is 0.484 e. The Morgan fingerprint density at radius 2 is 1.97 bits per heavy atom. The summed E-state index contributed by atoms with van der Waals surface area (Å²) < 4.78 is 11.2. The fourth-order valence-electron chi connectivity index (χ4n) is 4.60. The summed E-state index contributed by atoms with van der Waals surface area (Å²) in [6.45, 7) is 11.8. The van der Waals surface area contributed by atoms with Crippen LogP contribution in [0.2, 0.25) is 0 Å². The van der Waals surface area contributed by atoms with E-state index in [2.05, 4.69) is 28.8 Å². The standard InChI is InChI=1S/C23H31N3O3/c1-15-5-8-21(9-16(15)2)28-14-23(27)26-11-19-6-7-20(26)12-25(10-19)13-22-17(3)24-29-18(22)4/h5,8-9,19-20H,6-7,10-14H2,1-4H3/t19-,20+/m0/s1. The van der Waals surface area contributed by atoms with Gasteiger partial charge in [0, 0.05) is 37.8 Å². The van der Waals surface area contributed by atoms with Crippen molar-refractivity contribution in [1.82, 2.24) is 15.0 Å². The van der Waals surface area contributed by atoms with Crippen LogP contribution in [-0.4, -0.2) is 53.1 Å².